The van der Waals surface area contributed by atoms with E-state index in [9.17, 15) is 9.18 Å². The molecule has 0 aliphatic heterocycles. The molecule has 0 radical (unpaired) electrons. The van der Waals surface area contributed by atoms with Gasteiger partial charge in [-0.2, -0.15) is 0 Å². The molecular weight excluding hydrogens is 202 g/mol. The van der Waals surface area contributed by atoms with Gasteiger partial charge in [0.25, 0.3) is 0 Å². The Morgan fingerprint density at radius 2 is 2.17 bits per heavy atom. The van der Waals surface area contributed by atoms with E-state index in [1.807, 2.05) is 0 Å². The van der Waals surface area contributed by atoms with Crippen LogP contribution in [0.25, 0.3) is 0 Å². The molecule has 36 valence electrons. The van der Waals surface area contributed by atoms with Gasteiger partial charge >= 0.3 is 5.97 Å². The molecule has 0 saturated carbocycles. The number of hydrogen-bond donors (Lipinski definition) is 1. The molecule has 2 nitrogen and oxygen atoms in total. The van der Waals surface area contributed by atoms with E-state index in [0.29, 0.717) is 0 Å². The van der Waals surface area contributed by atoms with Crippen molar-refractivity contribution in [2.24, 2.45) is 0 Å². The van der Waals surface area contributed by atoms with Crippen LogP contribution >= 0.6 is 22.6 Å². The van der Waals surface area contributed by atoms with Crippen LogP contribution in [0, 0.1) is 0 Å². The second-order valence-corrected chi connectivity index (χ2v) is 1.73. The van der Waals surface area contributed by atoms with E-state index in [2.05, 4.69) is 0 Å². The van der Waals surface area contributed by atoms with Gasteiger partial charge in [0, 0.05) is 0 Å². The van der Waals surface area contributed by atoms with Crippen LogP contribution in [0.4, 0.5) is 4.39 Å². The van der Waals surface area contributed by atoms with Crippen LogP contribution in [0.5, 0.6) is 0 Å². The lowest BCUT2D eigenvalue weighted by Gasteiger charge is -1.83. The molecule has 0 aliphatic carbocycles. The van der Waals surface area contributed by atoms with E-state index in [1.54, 1.807) is 0 Å². The number of carboxylic acid groups (broad SMARTS) is 1. The molecule has 0 unspecified atom stereocenters. The van der Waals surface area contributed by atoms with E-state index in [1.165, 1.54) is 22.6 Å². The Labute approximate surface area is 47.5 Å². The molecule has 0 amide bonds. The van der Waals surface area contributed by atoms with Gasteiger partial charge < -0.3 is 5.11 Å². The average molecular weight is 204 g/mol. The summed E-state index contributed by atoms with van der Waals surface area (Å²) in [5.41, 5.74) is 0. The lowest BCUT2D eigenvalue weighted by molar-refractivity contribution is -0.138. The van der Waals surface area contributed by atoms with Crippen molar-refractivity contribution < 1.29 is 14.3 Å². The largest absolute Gasteiger partial charge is 0.478 e. The van der Waals surface area contributed by atoms with E-state index in [-0.39, 0.29) is 0 Å². The number of carboxylic acids is 1. The second-order valence-electron chi connectivity index (χ2n) is 0.639. The maximum Gasteiger partial charge on any atom is 0.348 e. The summed E-state index contributed by atoms with van der Waals surface area (Å²) in [6.45, 7) is 0. The Morgan fingerprint density at radius 3 is 2.17 bits per heavy atom. The molecule has 0 aromatic carbocycles. The van der Waals surface area contributed by atoms with Crippen LogP contribution in [-0.2, 0) is 4.79 Å². The molecule has 0 spiro atoms. The van der Waals surface area contributed by atoms with Crippen LogP contribution < -0.4 is 0 Å². The summed E-state index contributed by atoms with van der Waals surface area (Å²) >= 11 is 1.17. The molecular formula is C2H2FIO2. The first-order chi connectivity index (χ1) is 2.64. The summed E-state index contributed by atoms with van der Waals surface area (Å²) in [4.78, 5) is 9.32. The van der Waals surface area contributed by atoms with Crippen LogP contribution in [0.15, 0.2) is 0 Å². The quantitative estimate of drug-likeness (QED) is 0.506. The van der Waals surface area contributed by atoms with E-state index < -0.39 is 10.1 Å². The maximum absolute atomic E-state index is 11.2. The minimum absolute atomic E-state index is 1.17. The van der Waals surface area contributed by atoms with Gasteiger partial charge in [-0.25, -0.2) is 9.18 Å². The summed E-state index contributed by atoms with van der Waals surface area (Å²) in [6.07, 6.45) is 0. The van der Waals surface area contributed by atoms with Gasteiger partial charge in [-0.05, 0) is 22.6 Å². The number of rotatable bonds is 1. The Hall–Kier alpha value is 0.130. The van der Waals surface area contributed by atoms with Crippen molar-refractivity contribution in [1.82, 2.24) is 0 Å². The van der Waals surface area contributed by atoms with Crippen molar-refractivity contribution in [3.63, 3.8) is 0 Å². The van der Waals surface area contributed by atoms with Gasteiger partial charge in [0.2, 0.25) is 4.18 Å². The smallest absolute Gasteiger partial charge is 0.348 e. The molecule has 0 aliphatic rings. The van der Waals surface area contributed by atoms with Gasteiger partial charge in [-0.3, -0.25) is 0 Å². The van der Waals surface area contributed by atoms with Crippen molar-refractivity contribution >= 4 is 28.6 Å². The van der Waals surface area contributed by atoms with Gasteiger partial charge in [0.1, 0.15) is 0 Å². The molecule has 6 heavy (non-hydrogen) atoms. The Morgan fingerprint density at radius 1 is 2.00 bits per heavy atom. The lowest BCUT2D eigenvalue weighted by atomic mass is 10.8. The minimum atomic E-state index is -1.76. The number of carbonyl (C=O) groups is 1. The highest BCUT2D eigenvalue weighted by Gasteiger charge is 2.07. The van der Waals surface area contributed by atoms with Crippen LogP contribution in [-0.4, -0.2) is 15.3 Å². The summed E-state index contributed by atoms with van der Waals surface area (Å²) in [6, 6.07) is 0. The first-order valence-corrected chi connectivity index (χ1v) is 2.40. The fourth-order valence-electron chi connectivity index (χ4n) is 0. The summed E-state index contributed by atoms with van der Waals surface area (Å²) in [5, 5.41) is 7.61. The number of halogens is 2. The highest BCUT2D eigenvalue weighted by atomic mass is 127. The third kappa shape index (κ3) is 2.37. The van der Waals surface area contributed by atoms with Gasteiger partial charge in [0.05, 0.1) is 0 Å². The molecule has 0 aromatic heterocycles. The third-order valence-electron chi connectivity index (χ3n) is 0.187. The summed E-state index contributed by atoms with van der Waals surface area (Å²) in [7, 11) is 0. The normalized spacial score (nSPS) is 13.7. The molecule has 1 atom stereocenters. The molecule has 0 heterocycles. The summed E-state index contributed by atoms with van der Waals surface area (Å²) in [5.74, 6) is -1.42. The van der Waals surface area contributed by atoms with E-state index in [0.717, 1.165) is 0 Å². The van der Waals surface area contributed by atoms with E-state index in [4.69, 9.17) is 5.11 Å². The van der Waals surface area contributed by atoms with Crippen molar-refractivity contribution in [3.05, 3.63) is 0 Å². The highest BCUT2D eigenvalue weighted by molar-refractivity contribution is 14.1. The summed E-state index contributed by atoms with van der Waals surface area (Å²) < 4.78 is 9.45. The number of alkyl halides is 2. The lowest BCUT2D eigenvalue weighted by Crippen LogP contribution is -2.04. The van der Waals surface area contributed by atoms with Crippen LogP contribution in [0.2, 0.25) is 0 Å². The standard InChI is InChI=1S/C2H2FIO2/c3-1(4)2(5)6/h1H,(H,5,6)/t1-/m0/s1. The molecule has 0 saturated heterocycles. The second kappa shape index (κ2) is 2.33. The highest BCUT2D eigenvalue weighted by Crippen LogP contribution is 1.98. The molecule has 0 fully saturated rings. The Kier molecular flexibility index (Phi) is 2.38. The van der Waals surface area contributed by atoms with Crippen LogP contribution in [0.3, 0.4) is 0 Å². The van der Waals surface area contributed by atoms with Crippen molar-refractivity contribution in [2.75, 3.05) is 0 Å². The molecule has 4 heteroatoms. The Balaban J connectivity index is 3.26. The van der Waals surface area contributed by atoms with Gasteiger partial charge in [-0.15, -0.1) is 0 Å². The zero-order valence-corrected chi connectivity index (χ0v) is 4.85. The van der Waals surface area contributed by atoms with Gasteiger partial charge in [0.15, 0.2) is 0 Å². The average Bonchev–Trinajstić information content (AvgIpc) is 1.36. The molecule has 0 bridgehead atoms. The SMILES string of the molecule is O=C(O)[C@@H](F)I. The molecule has 1 N–H and O–H groups in total. The molecule has 0 rings (SSSR count). The zero-order chi connectivity index (χ0) is 5.15. The Bertz CT molecular complexity index is 62.6. The first-order valence-electron chi connectivity index (χ1n) is 1.15. The fourth-order valence-corrected chi connectivity index (χ4v) is 0. The number of hydrogen-bond acceptors (Lipinski definition) is 1. The minimum Gasteiger partial charge on any atom is -0.478 e. The van der Waals surface area contributed by atoms with Gasteiger partial charge in [-0.1, -0.05) is 0 Å². The zero-order valence-electron chi connectivity index (χ0n) is 2.69. The topological polar surface area (TPSA) is 37.3 Å². The maximum atomic E-state index is 11.2. The molecule has 0 aromatic rings. The van der Waals surface area contributed by atoms with Crippen molar-refractivity contribution in [1.29, 1.82) is 0 Å². The first kappa shape index (κ1) is 6.13. The predicted octanol–water partition coefficient (Wildman–Crippen LogP) is 0.802. The monoisotopic (exact) mass is 204 g/mol. The predicted molar refractivity (Wildman–Crippen MR) is 26.6 cm³/mol. The van der Waals surface area contributed by atoms with E-state index >= 15 is 0 Å². The van der Waals surface area contributed by atoms with Crippen LogP contribution in [0.1, 0.15) is 0 Å². The third-order valence-corrected chi connectivity index (χ3v) is 0.719. The fraction of sp³-hybridized carbons (Fsp3) is 0.500. The van der Waals surface area contributed by atoms with Crippen molar-refractivity contribution in [3.8, 4) is 0 Å². The van der Waals surface area contributed by atoms with Crippen molar-refractivity contribution in [2.45, 2.75) is 4.18 Å². The number of aliphatic carboxylic acids is 1.